The highest BCUT2D eigenvalue weighted by atomic mass is 35.5. The van der Waals surface area contributed by atoms with E-state index in [4.69, 9.17) is 17.4 Å². The summed E-state index contributed by atoms with van der Waals surface area (Å²) in [5.74, 6) is 6.19. The first-order valence-electron chi connectivity index (χ1n) is 4.77. The lowest BCUT2D eigenvalue weighted by Crippen LogP contribution is -2.30. The van der Waals surface area contributed by atoms with Crippen molar-refractivity contribution in [2.75, 3.05) is 0 Å². The van der Waals surface area contributed by atoms with Gasteiger partial charge in [0, 0.05) is 23.7 Å². The van der Waals surface area contributed by atoms with Crippen LogP contribution in [-0.2, 0) is 6.42 Å². The number of hydrazine groups is 1. The van der Waals surface area contributed by atoms with E-state index in [0.717, 1.165) is 15.6 Å². The van der Waals surface area contributed by atoms with Crippen molar-refractivity contribution in [2.45, 2.75) is 12.5 Å². The van der Waals surface area contributed by atoms with Crippen molar-refractivity contribution in [3.8, 4) is 0 Å². The Kier molecular flexibility index (Phi) is 3.84. The van der Waals surface area contributed by atoms with Crippen LogP contribution in [0, 0.1) is 0 Å². The van der Waals surface area contributed by atoms with E-state index >= 15 is 0 Å². The summed E-state index contributed by atoms with van der Waals surface area (Å²) in [6.07, 6.45) is 4.14. The molecular weight excluding hydrogens is 244 g/mol. The van der Waals surface area contributed by atoms with Gasteiger partial charge in [-0.3, -0.25) is 5.84 Å². The van der Waals surface area contributed by atoms with Crippen LogP contribution in [0.5, 0.6) is 0 Å². The van der Waals surface area contributed by atoms with Crippen LogP contribution in [0.25, 0.3) is 0 Å². The fourth-order valence-electron chi connectivity index (χ4n) is 1.38. The molecule has 1 atom stereocenters. The SMILES string of the molecule is NNC(Cc1ccc(Cl)s1)c1ncccn1. The van der Waals surface area contributed by atoms with Crippen molar-refractivity contribution in [3.05, 3.63) is 45.6 Å². The van der Waals surface area contributed by atoms with E-state index in [1.807, 2.05) is 12.1 Å². The topological polar surface area (TPSA) is 63.8 Å². The molecule has 4 nitrogen and oxygen atoms in total. The molecule has 2 rings (SSSR count). The molecule has 2 aromatic heterocycles. The molecule has 6 heteroatoms. The monoisotopic (exact) mass is 254 g/mol. The molecule has 0 aliphatic rings. The zero-order valence-corrected chi connectivity index (χ0v) is 10.0. The third kappa shape index (κ3) is 2.76. The fraction of sp³-hybridized carbons (Fsp3) is 0.200. The molecule has 0 saturated heterocycles. The number of hydrogen-bond acceptors (Lipinski definition) is 5. The molecule has 0 spiro atoms. The Bertz CT molecular complexity index is 445. The molecule has 84 valence electrons. The van der Waals surface area contributed by atoms with E-state index in [1.54, 1.807) is 29.8 Å². The highest BCUT2D eigenvalue weighted by Gasteiger charge is 2.13. The van der Waals surface area contributed by atoms with E-state index in [-0.39, 0.29) is 6.04 Å². The van der Waals surface area contributed by atoms with Crippen molar-refractivity contribution in [1.82, 2.24) is 15.4 Å². The number of nitrogens with one attached hydrogen (secondary N) is 1. The summed E-state index contributed by atoms with van der Waals surface area (Å²) in [6, 6.07) is 5.55. The maximum Gasteiger partial charge on any atom is 0.146 e. The normalized spacial score (nSPS) is 12.6. The predicted octanol–water partition coefficient (Wildman–Crippen LogP) is 1.94. The lowest BCUT2D eigenvalue weighted by molar-refractivity contribution is 0.526. The van der Waals surface area contributed by atoms with Gasteiger partial charge in [-0.2, -0.15) is 0 Å². The molecule has 0 aliphatic carbocycles. The number of aromatic nitrogens is 2. The molecule has 16 heavy (non-hydrogen) atoms. The highest BCUT2D eigenvalue weighted by molar-refractivity contribution is 7.16. The molecule has 3 N–H and O–H groups in total. The average molecular weight is 255 g/mol. The van der Waals surface area contributed by atoms with E-state index in [0.29, 0.717) is 5.82 Å². The Morgan fingerprint density at radius 3 is 2.69 bits per heavy atom. The van der Waals surface area contributed by atoms with Crippen molar-refractivity contribution in [1.29, 1.82) is 0 Å². The van der Waals surface area contributed by atoms with Crippen LogP contribution >= 0.6 is 22.9 Å². The van der Waals surface area contributed by atoms with Gasteiger partial charge in [0.25, 0.3) is 0 Å². The van der Waals surface area contributed by atoms with E-state index < -0.39 is 0 Å². The molecular formula is C10H11ClN4S. The van der Waals surface area contributed by atoms with Crippen LogP contribution in [0.4, 0.5) is 0 Å². The maximum atomic E-state index is 5.87. The predicted molar refractivity (Wildman–Crippen MR) is 65.1 cm³/mol. The zero-order valence-electron chi connectivity index (χ0n) is 8.43. The Morgan fingerprint density at radius 2 is 2.12 bits per heavy atom. The lowest BCUT2D eigenvalue weighted by atomic mass is 10.2. The van der Waals surface area contributed by atoms with Crippen LogP contribution < -0.4 is 11.3 Å². The molecule has 0 fully saturated rings. The second kappa shape index (κ2) is 5.36. The molecule has 2 aromatic rings. The van der Waals surface area contributed by atoms with Gasteiger partial charge in [0.1, 0.15) is 5.82 Å². The first-order valence-corrected chi connectivity index (χ1v) is 5.96. The second-order valence-electron chi connectivity index (χ2n) is 3.24. The third-order valence-corrected chi connectivity index (χ3v) is 3.39. The minimum atomic E-state index is -0.0871. The number of thiophene rings is 1. The van der Waals surface area contributed by atoms with Gasteiger partial charge < -0.3 is 0 Å². The lowest BCUT2D eigenvalue weighted by Gasteiger charge is -2.12. The van der Waals surface area contributed by atoms with Crippen molar-refractivity contribution >= 4 is 22.9 Å². The van der Waals surface area contributed by atoms with Gasteiger partial charge in [-0.25, -0.2) is 15.4 Å². The van der Waals surface area contributed by atoms with Crippen molar-refractivity contribution < 1.29 is 0 Å². The second-order valence-corrected chi connectivity index (χ2v) is 5.04. The first kappa shape index (κ1) is 11.5. The summed E-state index contributed by atoms with van der Waals surface area (Å²) in [7, 11) is 0. The van der Waals surface area contributed by atoms with Gasteiger partial charge in [-0.05, 0) is 18.2 Å². The number of nitrogens with two attached hydrogens (primary N) is 1. The van der Waals surface area contributed by atoms with Crippen LogP contribution in [0.15, 0.2) is 30.6 Å². The number of nitrogens with zero attached hydrogens (tertiary/aromatic N) is 2. The van der Waals surface area contributed by atoms with Crippen LogP contribution in [0.3, 0.4) is 0 Å². The summed E-state index contributed by atoms with van der Waals surface area (Å²) >= 11 is 7.41. The van der Waals surface area contributed by atoms with Gasteiger partial charge in [0.2, 0.25) is 0 Å². The number of rotatable bonds is 4. The summed E-state index contributed by atoms with van der Waals surface area (Å²) in [5.41, 5.74) is 2.71. The zero-order chi connectivity index (χ0) is 11.4. The average Bonchev–Trinajstić information content (AvgIpc) is 2.73. The van der Waals surface area contributed by atoms with Gasteiger partial charge in [0.15, 0.2) is 0 Å². The summed E-state index contributed by atoms with van der Waals surface area (Å²) in [4.78, 5) is 9.49. The standard InChI is InChI=1S/C10H11ClN4S/c11-9-3-2-7(16-9)6-8(15-12)10-13-4-1-5-14-10/h1-5,8,15H,6,12H2. The summed E-state index contributed by atoms with van der Waals surface area (Å²) in [5, 5.41) is 0. The van der Waals surface area contributed by atoms with Crippen molar-refractivity contribution in [3.63, 3.8) is 0 Å². The van der Waals surface area contributed by atoms with Crippen LogP contribution in [-0.4, -0.2) is 9.97 Å². The largest absolute Gasteiger partial charge is 0.271 e. The maximum absolute atomic E-state index is 5.87. The van der Waals surface area contributed by atoms with Crippen molar-refractivity contribution in [2.24, 2.45) is 5.84 Å². The Morgan fingerprint density at radius 1 is 1.38 bits per heavy atom. The molecule has 2 heterocycles. The van der Waals surface area contributed by atoms with Gasteiger partial charge >= 0.3 is 0 Å². The molecule has 0 bridgehead atoms. The number of halogens is 1. The Hall–Kier alpha value is -1.01. The minimum absolute atomic E-state index is 0.0871. The summed E-state index contributed by atoms with van der Waals surface area (Å²) < 4.78 is 0.778. The van der Waals surface area contributed by atoms with Gasteiger partial charge in [0.05, 0.1) is 10.4 Å². The minimum Gasteiger partial charge on any atom is -0.271 e. The van der Waals surface area contributed by atoms with E-state index in [2.05, 4.69) is 15.4 Å². The molecule has 0 aromatic carbocycles. The Labute approximate surface area is 102 Å². The molecule has 0 amide bonds. The number of hydrogen-bond donors (Lipinski definition) is 2. The third-order valence-electron chi connectivity index (χ3n) is 2.13. The van der Waals surface area contributed by atoms with Crippen LogP contribution in [0.1, 0.15) is 16.7 Å². The molecule has 1 unspecified atom stereocenters. The smallest absolute Gasteiger partial charge is 0.146 e. The molecule has 0 radical (unpaired) electrons. The van der Waals surface area contributed by atoms with E-state index in [1.165, 1.54) is 0 Å². The molecule has 0 aliphatic heterocycles. The summed E-state index contributed by atoms with van der Waals surface area (Å²) in [6.45, 7) is 0. The van der Waals surface area contributed by atoms with Gasteiger partial charge in [-0.15, -0.1) is 11.3 Å². The first-order chi connectivity index (χ1) is 7.79. The van der Waals surface area contributed by atoms with Gasteiger partial charge in [-0.1, -0.05) is 11.6 Å². The fourth-order valence-corrected chi connectivity index (χ4v) is 2.51. The molecule has 0 saturated carbocycles. The van der Waals surface area contributed by atoms with E-state index in [9.17, 15) is 0 Å². The quantitative estimate of drug-likeness (QED) is 0.647. The Balaban J connectivity index is 2.12. The highest BCUT2D eigenvalue weighted by Crippen LogP contribution is 2.25. The van der Waals surface area contributed by atoms with Crippen LogP contribution in [0.2, 0.25) is 4.34 Å².